The zero-order chi connectivity index (χ0) is 27.8. The van der Waals surface area contributed by atoms with Crippen LogP contribution in [-0.4, -0.2) is 55.1 Å². The van der Waals surface area contributed by atoms with Gasteiger partial charge in [0.2, 0.25) is 0 Å². The number of anilines is 1. The van der Waals surface area contributed by atoms with Gasteiger partial charge in [0.15, 0.2) is 0 Å². The number of benzene rings is 1. The van der Waals surface area contributed by atoms with Crippen LogP contribution in [0.3, 0.4) is 0 Å². The normalized spacial score (nSPS) is 27.2. The van der Waals surface area contributed by atoms with E-state index >= 15 is 0 Å². The van der Waals surface area contributed by atoms with Crippen molar-refractivity contribution in [2.24, 2.45) is 23.2 Å². The molecule has 4 bridgehead atoms. The zero-order valence-electron chi connectivity index (χ0n) is 24.2. The molecule has 1 amide bonds. The van der Waals surface area contributed by atoms with E-state index in [9.17, 15) is 4.79 Å². The van der Waals surface area contributed by atoms with E-state index in [2.05, 4.69) is 49.7 Å². The summed E-state index contributed by atoms with van der Waals surface area (Å²) in [6.07, 6.45) is 12.0. The van der Waals surface area contributed by atoms with Crippen LogP contribution in [-0.2, 0) is 6.54 Å². The lowest BCUT2D eigenvalue weighted by Crippen LogP contribution is -2.51. The van der Waals surface area contributed by atoms with Gasteiger partial charge in [-0.1, -0.05) is 0 Å². The van der Waals surface area contributed by atoms with Crippen LogP contribution < -0.4 is 15.0 Å². The van der Waals surface area contributed by atoms with Crippen LogP contribution in [0.4, 0.5) is 5.69 Å². The summed E-state index contributed by atoms with van der Waals surface area (Å²) in [5, 5.41) is 5.56. The molecule has 1 N–H and O–H groups in total. The van der Waals surface area contributed by atoms with E-state index < -0.39 is 0 Å². The number of rotatable bonds is 9. The minimum Gasteiger partial charge on any atom is -0.492 e. The van der Waals surface area contributed by atoms with Crippen molar-refractivity contribution < 1.29 is 9.53 Å². The van der Waals surface area contributed by atoms with E-state index in [-0.39, 0.29) is 5.91 Å². The second kappa shape index (κ2) is 11.4. The van der Waals surface area contributed by atoms with Gasteiger partial charge in [0, 0.05) is 67.2 Å². The highest BCUT2D eigenvalue weighted by molar-refractivity contribution is 7.10. The Bertz CT molecular complexity index is 1330. The fourth-order valence-corrected chi connectivity index (χ4v) is 9.46. The summed E-state index contributed by atoms with van der Waals surface area (Å²) in [4.78, 5) is 23.7. The zero-order valence-corrected chi connectivity index (χ0v) is 25.0. The second-order valence-electron chi connectivity index (χ2n) is 13.1. The maximum atomic E-state index is 13.0. The van der Waals surface area contributed by atoms with Crippen molar-refractivity contribution in [3.8, 4) is 16.9 Å². The summed E-state index contributed by atoms with van der Waals surface area (Å²) in [6.45, 7) is 8.52. The molecular weight excluding hydrogens is 528 g/mol. The molecule has 8 rings (SSSR count). The van der Waals surface area contributed by atoms with Crippen LogP contribution in [0, 0.1) is 23.2 Å². The average molecular weight is 571 g/mol. The molecule has 5 fully saturated rings. The van der Waals surface area contributed by atoms with Gasteiger partial charge < -0.3 is 15.0 Å². The molecule has 0 radical (unpaired) electrons. The van der Waals surface area contributed by atoms with Crippen LogP contribution >= 0.6 is 11.3 Å². The van der Waals surface area contributed by atoms with E-state index in [1.54, 1.807) is 6.20 Å². The van der Waals surface area contributed by atoms with Gasteiger partial charge in [0.1, 0.15) is 5.75 Å². The van der Waals surface area contributed by atoms with E-state index in [1.165, 1.54) is 54.7 Å². The number of thiophene rings is 1. The molecule has 5 aliphatic rings. The molecule has 1 saturated heterocycles. The van der Waals surface area contributed by atoms with Gasteiger partial charge in [-0.15, -0.1) is 11.3 Å². The number of pyridine rings is 1. The maximum absolute atomic E-state index is 13.0. The topological polar surface area (TPSA) is 57.7 Å². The van der Waals surface area contributed by atoms with E-state index in [0.717, 1.165) is 73.9 Å². The molecule has 0 spiro atoms. The lowest BCUT2D eigenvalue weighted by atomic mass is 9.49. The van der Waals surface area contributed by atoms with E-state index in [0.29, 0.717) is 12.0 Å². The Morgan fingerprint density at radius 3 is 2.37 bits per heavy atom. The van der Waals surface area contributed by atoms with Crippen molar-refractivity contribution in [2.75, 3.05) is 44.2 Å². The third kappa shape index (κ3) is 5.89. The number of carbonyl (C=O) groups is 1. The number of ether oxygens (including phenoxy) is 1. The molecule has 1 aliphatic heterocycles. The number of nitrogens with one attached hydrogen (secondary N) is 1. The monoisotopic (exact) mass is 570 g/mol. The van der Waals surface area contributed by atoms with Gasteiger partial charge in [-0.2, -0.15) is 0 Å². The van der Waals surface area contributed by atoms with Crippen molar-refractivity contribution in [1.82, 2.24) is 15.2 Å². The molecule has 3 heterocycles. The highest BCUT2D eigenvalue weighted by Gasteiger charge is 2.50. The minimum absolute atomic E-state index is 0.0906. The molecule has 2 aromatic heterocycles. The van der Waals surface area contributed by atoms with Gasteiger partial charge in [0.25, 0.3) is 5.91 Å². The molecule has 0 unspecified atom stereocenters. The quantitative estimate of drug-likeness (QED) is 0.319. The highest BCUT2D eigenvalue weighted by Crippen LogP contribution is 2.59. The standard InChI is InChI=1S/C34H42N4O2S/c1-2-40-31-14-28(19-35-20-31)29-15-32(41-22-29)21-37-7-9-38(10-8-37)30-5-3-27(4-6-30)33(39)36-23-34-16-24-11-25(17-34)13-26(12-24)18-34/h3-6,14-15,19-20,22,24-26H,2,7-13,16-18,21,23H2,1H3,(H,36,39). The number of piperazine rings is 1. The molecule has 41 heavy (non-hydrogen) atoms. The molecule has 7 heteroatoms. The maximum Gasteiger partial charge on any atom is 0.251 e. The first-order valence-electron chi connectivity index (χ1n) is 15.6. The lowest BCUT2D eigenvalue weighted by Gasteiger charge is -2.56. The van der Waals surface area contributed by atoms with Crippen molar-refractivity contribution in [3.63, 3.8) is 0 Å². The molecule has 1 aromatic carbocycles. The number of hydrogen-bond acceptors (Lipinski definition) is 6. The third-order valence-corrected chi connectivity index (χ3v) is 11.0. The first-order valence-corrected chi connectivity index (χ1v) is 16.4. The Morgan fingerprint density at radius 2 is 1.68 bits per heavy atom. The van der Waals surface area contributed by atoms with Crippen LogP contribution in [0.2, 0.25) is 0 Å². The first kappa shape index (κ1) is 27.0. The largest absolute Gasteiger partial charge is 0.492 e. The molecular formula is C34H42N4O2S. The number of carbonyl (C=O) groups excluding carboxylic acids is 1. The van der Waals surface area contributed by atoms with Crippen LogP contribution in [0.15, 0.2) is 54.2 Å². The molecule has 6 nitrogen and oxygen atoms in total. The summed E-state index contributed by atoms with van der Waals surface area (Å²) in [5.74, 6) is 3.67. The van der Waals surface area contributed by atoms with Crippen molar-refractivity contribution >= 4 is 22.9 Å². The SMILES string of the molecule is CCOc1cncc(-c2csc(CN3CCN(c4ccc(C(=O)NCC56CC7CC(CC(C7)C5)C6)cc4)CC3)c2)c1. The number of hydrogen-bond donors (Lipinski definition) is 1. The van der Waals surface area contributed by atoms with Crippen molar-refractivity contribution in [3.05, 3.63) is 64.6 Å². The summed E-state index contributed by atoms with van der Waals surface area (Å²) in [6, 6.07) is 12.6. The predicted octanol–water partition coefficient (Wildman–Crippen LogP) is 6.48. The molecule has 216 valence electrons. The Kier molecular flexibility index (Phi) is 7.50. The van der Waals surface area contributed by atoms with E-state index in [1.807, 2.05) is 36.6 Å². The molecule has 4 aliphatic carbocycles. The second-order valence-corrected chi connectivity index (χ2v) is 14.1. The summed E-state index contributed by atoms with van der Waals surface area (Å²) >= 11 is 1.82. The van der Waals surface area contributed by atoms with Crippen LogP contribution in [0.1, 0.15) is 60.7 Å². The number of nitrogens with zero attached hydrogens (tertiary/aromatic N) is 3. The molecule has 0 atom stereocenters. The Labute approximate surface area is 248 Å². The van der Waals surface area contributed by atoms with Crippen LogP contribution in [0.5, 0.6) is 5.75 Å². The number of amides is 1. The van der Waals surface area contributed by atoms with Gasteiger partial charge in [-0.3, -0.25) is 14.7 Å². The summed E-state index contributed by atoms with van der Waals surface area (Å²) in [5.41, 5.74) is 4.68. The summed E-state index contributed by atoms with van der Waals surface area (Å²) < 4.78 is 5.62. The Hall–Kier alpha value is -2.90. The fourth-order valence-electron chi connectivity index (χ4n) is 8.52. The first-order chi connectivity index (χ1) is 20.0. The molecule has 3 aromatic rings. The lowest BCUT2D eigenvalue weighted by molar-refractivity contribution is -0.0503. The van der Waals surface area contributed by atoms with Gasteiger partial charge in [-0.25, -0.2) is 0 Å². The van der Waals surface area contributed by atoms with Gasteiger partial charge >= 0.3 is 0 Å². The Morgan fingerprint density at radius 1 is 0.976 bits per heavy atom. The van der Waals surface area contributed by atoms with E-state index in [4.69, 9.17) is 4.74 Å². The molecule has 4 saturated carbocycles. The van der Waals surface area contributed by atoms with Gasteiger partial charge in [-0.05, 0) is 116 Å². The predicted molar refractivity (Wildman–Crippen MR) is 166 cm³/mol. The highest BCUT2D eigenvalue weighted by atomic mass is 32.1. The van der Waals surface area contributed by atoms with Crippen LogP contribution in [0.25, 0.3) is 11.1 Å². The van der Waals surface area contributed by atoms with Crippen molar-refractivity contribution in [1.29, 1.82) is 0 Å². The smallest absolute Gasteiger partial charge is 0.251 e. The fraction of sp³-hybridized carbons (Fsp3) is 0.529. The summed E-state index contributed by atoms with van der Waals surface area (Å²) in [7, 11) is 0. The Balaban J connectivity index is 0.892. The minimum atomic E-state index is 0.0906. The third-order valence-electron chi connectivity index (χ3n) is 10.0. The van der Waals surface area contributed by atoms with Gasteiger partial charge in [0.05, 0.1) is 12.8 Å². The number of aromatic nitrogens is 1. The average Bonchev–Trinajstić information content (AvgIpc) is 3.45. The van der Waals surface area contributed by atoms with Crippen molar-refractivity contribution in [2.45, 2.75) is 52.0 Å².